The number of hydrogen-bond acceptors (Lipinski definition) is 2. The van der Waals surface area contributed by atoms with Crippen molar-refractivity contribution in [1.29, 1.82) is 0 Å². The Hall–Kier alpha value is -0.830. The van der Waals surface area contributed by atoms with Crippen LogP contribution in [0.25, 0.3) is 0 Å². The molecule has 0 aromatic heterocycles. The number of fused-ring (bicyclic) bond motifs is 1. The molecule has 1 aromatic carbocycles. The third-order valence-corrected chi connectivity index (χ3v) is 2.69. The number of hydrogen-bond donors (Lipinski definition) is 0. The third-order valence-electron chi connectivity index (χ3n) is 2.06. The van der Waals surface area contributed by atoms with Crippen molar-refractivity contribution in [2.45, 2.75) is 13.3 Å². The summed E-state index contributed by atoms with van der Waals surface area (Å²) in [6.07, 6.45) is 0.481. The number of Topliss-reactive ketones (excluding diaryl/α,β-unsaturated/α-hetero) is 1. The van der Waals surface area contributed by atoms with Gasteiger partial charge in [0.25, 0.3) is 0 Å². The molecule has 0 N–H and O–H groups in total. The Balaban J connectivity index is 2.63. The SMILES string of the molecule is Cc1cc(Br)c2c(c1)OCCC2=O. The molecule has 68 valence electrons. The fourth-order valence-electron chi connectivity index (χ4n) is 1.47. The van der Waals surface area contributed by atoms with Gasteiger partial charge in [-0.3, -0.25) is 4.79 Å². The highest BCUT2D eigenvalue weighted by Gasteiger charge is 2.21. The van der Waals surface area contributed by atoms with E-state index < -0.39 is 0 Å². The molecular formula is C10H9BrO2. The van der Waals surface area contributed by atoms with Crippen molar-refractivity contribution in [2.24, 2.45) is 0 Å². The Bertz CT molecular complexity index is 371. The van der Waals surface area contributed by atoms with E-state index in [-0.39, 0.29) is 5.78 Å². The highest BCUT2D eigenvalue weighted by Crippen LogP contribution is 2.32. The predicted molar refractivity (Wildman–Crippen MR) is 53.3 cm³/mol. The number of carbonyl (C=O) groups is 1. The van der Waals surface area contributed by atoms with Gasteiger partial charge in [-0.15, -0.1) is 0 Å². The van der Waals surface area contributed by atoms with Crippen molar-refractivity contribution in [3.63, 3.8) is 0 Å². The van der Waals surface area contributed by atoms with E-state index in [1.807, 2.05) is 19.1 Å². The maximum atomic E-state index is 11.5. The molecule has 1 aromatic rings. The van der Waals surface area contributed by atoms with Crippen LogP contribution in [-0.4, -0.2) is 12.4 Å². The van der Waals surface area contributed by atoms with E-state index in [9.17, 15) is 4.79 Å². The largest absolute Gasteiger partial charge is 0.492 e. The van der Waals surface area contributed by atoms with Crippen molar-refractivity contribution in [3.05, 3.63) is 27.7 Å². The number of halogens is 1. The first-order valence-electron chi connectivity index (χ1n) is 4.14. The monoisotopic (exact) mass is 240 g/mol. The molecule has 2 nitrogen and oxygen atoms in total. The van der Waals surface area contributed by atoms with Gasteiger partial charge in [0.1, 0.15) is 5.75 Å². The normalized spacial score (nSPS) is 15.1. The average Bonchev–Trinajstić information content (AvgIpc) is 2.02. The standard InChI is InChI=1S/C10H9BrO2/c1-6-4-7(11)10-8(12)2-3-13-9(10)5-6/h4-5H,2-3H2,1H3. The van der Waals surface area contributed by atoms with Gasteiger partial charge in [0.2, 0.25) is 0 Å². The number of benzene rings is 1. The van der Waals surface area contributed by atoms with E-state index >= 15 is 0 Å². The smallest absolute Gasteiger partial charge is 0.171 e. The number of ether oxygens (including phenoxy) is 1. The molecular weight excluding hydrogens is 232 g/mol. The van der Waals surface area contributed by atoms with E-state index in [1.165, 1.54) is 0 Å². The van der Waals surface area contributed by atoms with E-state index in [2.05, 4.69) is 15.9 Å². The molecule has 0 atom stereocenters. The lowest BCUT2D eigenvalue weighted by Gasteiger charge is -2.17. The molecule has 1 aliphatic heterocycles. The van der Waals surface area contributed by atoms with Gasteiger partial charge in [0.15, 0.2) is 5.78 Å². The van der Waals surface area contributed by atoms with Crippen LogP contribution < -0.4 is 4.74 Å². The number of carbonyl (C=O) groups excluding carboxylic acids is 1. The van der Waals surface area contributed by atoms with Gasteiger partial charge in [-0.05, 0) is 40.5 Å². The molecule has 1 heterocycles. The topological polar surface area (TPSA) is 26.3 Å². The van der Waals surface area contributed by atoms with E-state index in [4.69, 9.17) is 4.74 Å². The summed E-state index contributed by atoms with van der Waals surface area (Å²) in [5, 5.41) is 0. The highest BCUT2D eigenvalue weighted by molar-refractivity contribution is 9.10. The lowest BCUT2D eigenvalue weighted by atomic mass is 10.0. The third kappa shape index (κ3) is 1.48. The maximum Gasteiger partial charge on any atom is 0.171 e. The van der Waals surface area contributed by atoms with Crippen molar-refractivity contribution in [3.8, 4) is 5.75 Å². The summed E-state index contributed by atoms with van der Waals surface area (Å²) in [5.74, 6) is 0.872. The van der Waals surface area contributed by atoms with Crippen LogP contribution in [0.1, 0.15) is 22.3 Å². The van der Waals surface area contributed by atoms with Crippen molar-refractivity contribution in [1.82, 2.24) is 0 Å². The van der Waals surface area contributed by atoms with E-state index in [0.29, 0.717) is 24.3 Å². The van der Waals surface area contributed by atoms with E-state index in [1.54, 1.807) is 0 Å². The van der Waals surface area contributed by atoms with Crippen molar-refractivity contribution in [2.75, 3.05) is 6.61 Å². The minimum atomic E-state index is 0.160. The summed E-state index contributed by atoms with van der Waals surface area (Å²) in [4.78, 5) is 11.5. The van der Waals surface area contributed by atoms with Crippen LogP contribution in [0.3, 0.4) is 0 Å². The second-order valence-corrected chi connectivity index (χ2v) is 4.00. The van der Waals surface area contributed by atoms with Crippen LogP contribution in [0, 0.1) is 6.92 Å². The molecule has 0 bridgehead atoms. The Labute approximate surface area is 85.0 Å². The quantitative estimate of drug-likeness (QED) is 0.698. The molecule has 0 saturated heterocycles. The summed E-state index contributed by atoms with van der Waals surface area (Å²) < 4.78 is 6.24. The zero-order valence-corrected chi connectivity index (χ0v) is 8.85. The first-order chi connectivity index (χ1) is 6.18. The summed E-state index contributed by atoms with van der Waals surface area (Å²) in [6.45, 7) is 2.48. The zero-order valence-electron chi connectivity index (χ0n) is 7.26. The number of rotatable bonds is 0. The molecule has 0 amide bonds. The van der Waals surface area contributed by atoms with Gasteiger partial charge in [-0.25, -0.2) is 0 Å². The molecule has 0 spiro atoms. The Morgan fingerprint density at radius 1 is 1.46 bits per heavy atom. The average molecular weight is 241 g/mol. The minimum Gasteiger partial charge on any atom is -0.492 e. The summed E-state index contributed by atoms with van der Waals surface area (Å²) in [6, 6.07) is 3.84. The lowest BCUT2D eigenvalue weighted by Crippen LogP contribution is -2.15. The number of aryl methyl sites for hydroxylation is 1. The van der Waals surface area contributed by atoms with Crippen molar-refractivity contribution < 1.29 is 9.53 Å². The Morgan fingerprint density at radius 3 is 3.00 bits per heavy atom. The predicted octanol–water partition coefficient (Wildman–Crippen LogP) is 2.72. The van der Waals surface area contributed by atoms with Crippen LogP contribution in [0.5, 0.6) is 5.75 Å². The zero-order chi connectivity index (χ0) is 9.42. The van der Waals surface area contributed by atoms with E-state index in [0.717, 1.165) is 10.0 Å². The molecule has 13 heavy (non-hydrogen) atoms. The molecule has 0 unspecified atom stereocenters. The van der Waals surface area contributed by atoms with Gasteiger partial charge in [0, 0.05) is 10.9 Å². The summed E-state index contributed by atoms with van der Waals surface area (Å²) >= 11 is 3.37. The van der Waals surface area contributed by atoms with Crippen molar-refractivity contribution >= 4 is 21.7 Å². The molecule has 1 aliphatic rings. The summed E-state index contributed by atoms with van der Waals surface area (Å²) in [5.41, 5.74) is 1.79. The Kier molecular flexibility index (Phi) is 2.12. The molecule has 3 heteroatoms. The first-order valence-corrected chi connectivity index (χ1v) is 4.94. The maximum absolute atomic E-state index is 11.5. The molecule has 0 aliphatic carbocycles. The molecule has 0 saturated carbocycles. The highest BCUT2D eigenvalue weighted by atomic mass is 79.9. The second-order valence-electron chi connectivity index (χ2n) is 3.14. The van der Waals surface area contributed by atoms with Gasteiger partial charge in [0.05, 0.1) is 12.2 Å². The van der Waals surface area contributed by atoms with Crippen LogP contribution in [0.4, 0.5) is 0 Å². The fourth-order valence-corrected chi connectivity index (χ4v) is 2.25. The minimum absolute atomic E-state index is 0.160. The van der Waals surface area contributed by atoms with Gasteiger partial charge in [-0.2, -0.15) is 0 Å². The van der Waals surface area contributed by atoms with Gasteiger partial charge >= 0.3 is 0 Å². The fraction of sp³-hybridized carbons (Fsp3) is 0.300. The van der Waals surface area contributed by atoms with Crippen LogP contribution in [-0.2, 0) is 0 Å². The van der Waals surface area contributed by atoms with Crippen LogP contribution >= 0.6 is 15.9 Å². The Morgan fingerprint density at radius 2 is 2.23 bits per heavy atom. The number of ketones is 1. The first kappa shape index (κ1) is 8.75. The second kappa shape index (κ2) is 3.14. The van der Waals surface area contributed by atoms with Gasteiger partial charge in [-0.1, -0.05) is 0 Å². The molecule has 0 radical (unpaired) electrons. The summed E-state index contributed by atoms with van der Waals surface area (Å²) in [7, 11) is 0. The van der Waals surface area contributed by atoms with Crippen LogP contribution in [0.15, 0.2) is 16.6 Å². The molecule has 2 rings (SSSR count). The van der Waals surface area contributed by atoms with Crippen LogP contribution in [0.2, 0.25) is 0 Å². The van der Waals surface area contributed by atoms with Gasteiger partial charge < -0.3 is 4.74 Å². The molecule has 0 fully saturated rings. The lowest BCUT2D eigenvalue weighted by molar-refractivity contribution is 0.0932.